The van der Waals surface area contributed by atoms with Crippen LogP contribution in [0, 0.1) is 0 Å². The van der Waals surface area contributed by atoms with Crippen molar-refractivity contribution in [3.05, 3.63) is 35.4 Å². The molecule has 1 N–H and O–H groups in total. The van der Waals surface area contributed by atoms with Crippen molar-refractivity contribution in [2.24, 2.45) is 0 Å². The van der Waals surface area contributed by atoms with Crippen molar-refractivity contribution in [2.45, 2.75) is 44.9 Å². The Balaban J connectivity index is 2.38. The fraction of sp³-hybridized carbons (Fsp3) is 0.500. The Bertz CT molecular complexity index is 576. The molecule has 1 aromatic rings. The lowest BCUT2D eigenvalue weighted by Gasteiger charge is -2.61. The number of hydrogen-bond acceptors (Lipinski definition) is 4. The highest BCUT2D eigenvalue weighted by Crippen LogP contribution is 2.49. The molecule has 0 bridgehead atoms. The summed E-state index contributed by atoms with van der Waals surface area (Å²) in [7, 11) is 1.31. The Hall–Kier alpha value is -1.88. The second-order valence-corrected chi connectivity index (χ2v) is 6.11. The molecule has 1 amide bonds. The van der Waals surface area contributed by atoms with Crippen LogP contribution < -0.4 is 0 Å². The summed E-state index contributed by atoms with van der Waals surface area (Å²) in [5.74, 6) is -0.759. The number of carbonyl (C=O) groups is 2. The van der Waals surface area contributed by atoms with Gasteiger partial charge in [-0.1, -0.05) is 12.1 Å². The van der Waals surface area contributed by atoms with Crippen LogP contribution in [0.25, 0.3) is 0 Å². The molecular formula is C16H21NO4. The maximum absolute atomic E-state index is 12.4. The van der Waals surface area contributed by atoms with E-state index in [-0.39, 0.29) is 11.9 Å². The van der Waals surface area contributed by atoms with E-state index in [2.05, 4.69) is 4.74 Å². The largest absolute Gasteiger partial charge is 0.465 e. The topological polar surface area (TPSA) is 66.8 Å². The van der Waals surface area contributed by atoms with Crippen LogP contribution >= 0.6 is 0 Å². The number of β-lactam (4-membered cyclic amide) rings is 1. The Labute approximate surface area is 124 Å². The van der Waals surface area contributed by atoms with E-state index >= 15 is 0 Å². The van der Waals surface area contributed by atoms with Crippen molar-refractivity contribution >= 4 is 11.9 Å². The number of carbonyl (C=O) groups excluding carboxylic acids is 2. The number of rotatable bonds is 3. The van der Waals surface area contributed by atoms with Crippen molar-refractivity contribution in [3.63, 3.8) is 0 Å². The number of hydrogen-bond donors (Lipinski definition) is 1. The predicted octanol–water partition coefficient (Wildman–Crippen LogP) is 1.69. The third kappa shape index (κ3) is 1.95. The Morgan fingerprint density at radius 2 is 1.76 bits per heavy atom. The van der Waals surface area contributed by atoms with Gasteiger partial charge in [0.2, 0.25) is 0 Å². The summed E-state index contributed by atoms with van der Waals surface area (Å²) in [6.07, 6.45) is 0. The van der Waals surface area contributed by atoms with E-state index < -0.39 is 17.1 Å². The van der Waals surface area contributed by atoms with Gasteiger partial charge in [0.25, 0.3) is 5.91 Å². The lowest BCUT2D eigenvalue weighted by molar-refractivity contribution is -0.221. The molecule has 1 heterocycles. The molecule has 1 fully saturated rings. The molecule has 0 aromatic heterocycles. The van der Waals surface area contributed by atoms with Crippen LogP contribution in [0.2, 0.25) is 0 Å². The summed E-state index contributed by atoms with van der Waals surface area (Å²) in [6, 6.07) is 6.33. The van der Waals surface area contributed by atoms with E-state index in [1.54, 1.807) is 29.2 Å². The first-order chi connectivity index (χ1) is 9.67. The molecule has 1 aliphatic rings. The number of amides is 1. The summed E-state index contributed by atoms with van der Waals surface area (Å²) in [6.45, 7) is 7.50. The van der Waals surface area contributed by atoms with Crippen LogP contribution in [0.5, 0.6) is 0 Å². The summed E-state index contributed by atoms with van der Waals surface area (Å²) in [5, 5.41) is 10.9. The van der Waals surface area contributed by atoms with Gasteiger partial charge in [-0.05, 0) is 45.4 Å². The lowest BCUT2D eigenvalue weighted by Crippen LogP contribution is -2.79. The van der Waals surface area contributed by atoms with Gasteiger partial charge in [-0.2, -0.15) is 0 Å². The summed E-state index contributed by atoms with van der Waals surface area (Å²) in [4.78, 5) is 25.5. The average molecular weight is 291 g/mol. The minimum absolute atomic E-state index is 0.0158. The van der Waals surface area contributed by atoms with Crippen LogP contribution in [-0.2, 0) is 15.1 Å². The van der Waals surface area contributed by atoms with Crippen molar-refractivity contribution in [1.29, 1.82) is 0 Å². The number of benzene rings is 1. The fourth-order valence-electron chi connectivity index (χ4n) is 3.13. The van der Waals surface area contributed by atoms with E-state index in [1.165, 1.54) is 7.11 Å². The third-order valence-electron chi connectivity index (χ3n) is 4.26. The zero-order valence-corrected chi connectivity index (χ0v) is 13.0. The molecule has 114 valence electrons. The molecule has 21 heavy (non-hydrogen) atoms. The Kier molecular flexibility index (Phi) is 3.58. The number of aliphatic hydroxyl groups is 1. The molecule has 0 spiro atoms. The number of nitrogens with zero attached hydrogens (tertiary/aromatic N) is 1. The zero-order chi connectivity index (χ0) is 16.0. The summed E-state index contributed by atoms with van der Waals surface area (Å²) >= 11 is 0. The number of esters is 1. The molecule has 2 rings (SSSR count). The highest BCUT2D eigenvalue weighted by molar-refractivity contribution is 5.96. The van der Waals surface area contributed by atoms with Crippen molar-refractivity contribution in [1.82, 2.24) is 4.90 Å². The van der Waals surface area contributed by atoms with Gasteiger partial charge in [0.05, 0.1) is 18.2 Å². The molecule has 1 unspecified atom stereocenters. The predicted molar refractivity (Wildman–Crippen MR) is 77.7 cm³/mol. The van der Waals surface area contributed by atoms with Gasteiger partial charge < -0.3 is 14.7 Å². The molecule has 1 atom stereocenters. The minimum Gasteiger partial charge on any atom is -0.465 e. The van der Waals surface area contributed by atoms with E-state index in [9.17, 15) is 14.7 Å². The molecular weight excluding hydrogens is 270 g/mol. The molecule has 1 saturated heterocycles. The van der Waals surface area contributed by atoms with Gasteiger partial charge in [0, 0.05) is 6.04 Å². The van der Waals surface area contributed by atoms with Crippen molar-refractivity contribution in [3.8, 4) is 0 Å². The fourth-order valence-corrected chi connectivity index (χ4v) is 3.13. The third-order valence-corrected chi connectivity index (χ3v) is 4.26. The first kappa shape index (κ1) is 15.5. The molecule has 1 aromatic carbocycles. The van der Waals surface area contributed by atoms with Crippen LogP contribution in [0.4, 0.5) is 0 Å². The van der Waals surface area contributed by atoms with Gasteiger partial charge >= 0.3 is 5.97 Å². The minimum atomic E-state index is -1.56. The molecule has 5 heteroatoms. The molecule has 1 aliphatic heterocycles. The highest BCUT2D eigenvalue weighted by atomic mass is 16.5. The van der Waals surface area contributed by atoms with Crippen LogP contribution in [0.15, 0.2) is 24.3 Å². The molecule has 0 radical (unpaired) electrons. The Morgan fingerprint density at radius 1 is 1.24 bits per heavy atom. The van der Waals surface area contributed by atoms with Crippen molar-refractivity contribution in [2.75, 3.05) is 7.11 Å². The first-order valence-electron chi connectivity index (χ1n) is 6.93. The number of methoxy groups -OCH3 is 1. The van der Waals surface area contributed by atoms with Gasteiger partial charge in [-0.15, -0.1) is 0 Å². The molecule has 5 nitrogen and oxygen atoms in total. The van der Waals surface area contributed by atoms with Gasteiger partial charge in [-0.25, -0.2) is 4.79 Å². The average Bonchev–Trinajstić information content (AvgIpc) is 2.44. The number of ether oxygens (including phenoxy) is 1. The maximum Gasteiger partial charge on any atom is 0.337 e. The lowest BCUT2D eigenvalue weighted by atomic mass is 9.66. The van der Waals surface area contributed by atoms with Crippen LogP contribution in [0.1, 0.15) is 43.6 Å². The van der Waals surface area contributed by atoms with E-state index in [1.807, 2.05) is 27.7 Å². The second-order valence-electron chi connectivity index (χ2n) is 6.11. The molecule has 0 aliphatic carbocycles. The maximum atomic E-state index is 12.4. The van der Waals surface area contributed by atoms with Crippen molar-refractivity contribution < 1.29 is 19.4 Å². The van der Waals surface area contributed by atoms with E-state index in [4.69, 9.17) is 0 Å². The normalized spacial score (nSPS) is 24.0. The van der Waals surface area contributed by atoms with Crippen LogP contribution in [0.3, 0.4) is 0 Å². The number of likely N-dealkylation sites (tertiary alicyclic amines) is 1. The summed E-state index contributed by atoms with van der Waals surface area (Å²) in [5.41, 5.74) is -1.39. The quantitative estimate of drug-likeness (QED) is 0.680. The smallest absolute Gasteiger partial charge is 0.337 e. The van der Waals surface area contributed by atoms with Gasteiger partial charge in [-0.3, -0.25) is 4.79 Å². The van der Waals surface area contributed by atoms with Gasteiger partial charge in [0.1, 0.15) is 0 Å². The summed E-state index contributed by atoms with van der Waals surface area (Å²) < 4.78 is 4.64. The highest BCUT2D eigenvalue weighted by Gasteiger charge is 2.67. The van der Waals surface area contributed by atoms with E-state index in [0.717, 1.165) is 0 Å². The second kappa shape index (κ2) is 4.84. The first-order valence-corrected chi connectivity index (χ1v) is 6.93. The van der Waals surface area contributed by atoms with Crippen LogP contribution in [-0.4, -0.2) is 40.6 Å². The van der Waals surface area contributed by atoms with Gasteiger partial charge in [0.15, 0.2) is 5.60 Å². The van der Waals surface area contributed by atoms with E-state index in [0.29, 0.717) is 11.1 Å². The molecule has 0 saturated carbocycles. The monoisotopic (exact) mass is 291 g/mol. The Morgan fingerprint density at radius 3 is 2.14 bits per heavy atom. The zero-order valence-electron chi connectivity index (χ0n) is 13.0. The SMILES string of the molecule is COC(=O)c1ccc(C2(O)C(=O)N(C(C)C)C2(C)C)cc1. The standard InChI is InChI=1S/C16H21NO4/c1-10(2)17-14(19)16(20,15(17,3)4)12-8-6-11(7-9-12)13(18)21-5/h6-10,20H,1-5H3.